The first-order valence-corrected chi connectivity index (χ1v) is 4.47. The van der Waals surface area contributed by atoms with Crippen molar-refractivity contribution >= 4 is 13.7 Å². The van der Waals surface area contributed by atoms with Crippen molar-refractivity contribution in [3.8, 4) is 0 Å². The van der Waals surface area contributed by atoms with Crippen LogP contribution in [-0.4, -0.2) is 26.2 Å². The molecule has 0 aromatic rings. The first-order chi connectivity index (χ1) is 5.68. The molecule has 0 aromatic carbocycles. The minimum absolute atomic E-state index is 0.370. The molecule has 0 aliphatic heterocycles. The Hall–Kier alpha value is -0.505. The Morgan fingerprint density at radius 2 is 2.00 bits per heavy atom. The Balaban J connectivity index is 2.13. The average molecular weight is 166 g/mol. The summed E-state index contributed by atoms with van der Waals surface area (Å²) in [7, 11) is 4.96. The van der Waals surface area contributed by atoms with Gasteiger partial charge in [0.15, 0.2) is 13.7 Å². The molecule has 0 heterocycles. The second-order valence-electron chi connectivity index (χ2n) is 3.53. The molecule has 2 radical (unpaired) electrons. The third-order valence-corrected chi connectivity index (χ3v) is 2.46. The monoisotopic (exact) mass is 166 g/mol. The van der Waals surface area contributed by atoms with Crippen molar-refractivity contribution in [3.05, 3.63) is 0 Å². The molecule has 0 spiro atoms. The summed E-state index contributed by atoms with van der Waals surface area (Å²) in [5, 5.41) is 2.63. The lowest BCUT2D eigenvalue weighted by atomic mass is 9.86. The predicted octanol–water partition coefficient (Wildman–Crippen LogP) is 0.382. The van der Waals surface area contributed by atoms with Crippen LogP contribution in [0.2, 0.25) is 0 Å². The average Bonchev–Trinajstić information content (AvgIpc) is 2.03. The van der Waals surface area contributed by atoms with Crippen LogP contribution in [0.25, 0.3) is 0 Å². The lowest BCUT2D eigenvalue weighted by Crippen LogP contribution is -2.33. The van der Waals surface area contributed by atoms with Gasteiger partial charge in [-0.15, -0.1) is 0 Å². The Bertz CT molecular complexity index is 155. The van der Waals surface area contributed by atoms with Gasteiger partial charge in [-0.1, -0.05) is 0 Å². The summed E-state index contributed by atoms with van der Waals surface area (Å²) in [6.07, 6.45) is 4.37. The lowest BCUT2D eigenvalue weighted by molar-refractivity contribution is 0.253. The predicted molar refractivity (Wildman–Crippen MR) is 49.1 cm³/mol. The van der Waals surface area contributed by atoms with Crippen molar-refractivity contribution in [3.63, 3.8) is 0 Å². The van der Waals surface area contributed by atoms with E-state index in [1.54, 1.807) is 0 Å². The van der Waals surface area contributed by atoms with Gasteiger partial charge in [0.25, 0.3) is 0 Å². The first-order valence-electron chi connectivity index (χ1n) is 4.47. The number of nitrogens with two attached hydrogens (primary N) is 1. The fourth-order valence-electron chi connectivity index (χ4n) is 1.64. The zero-order valence-electron chi connectivity index (χ0n) is 7.25. The molecule has 0 bridgehead atoms. The summed E-state index contributed by atoms with van der Waals surface area (Å²) in [5.41, 5.74) is 5.74. The highest BCUT2D eigenvalue weighted by Crippen LogP contribution is 2.22. The summed E-state index contributed by atoms with van der Waals surface area (Å²) >= 11 is 0. The maximum absolute atomic E-state index is 10.4. The minimum atomic E-state index is -0.426. The van der Waals surface area contributed by atoms with Crippen LogP contribution in [0.4, 0.5) is 4.79 Å². The number of nitrogens with one attached hydrogen (secondary N) is 1. The molecule has 3 N–H and O–H groups in total. The van der Waals surface area contributed by atoms with E-state index in [2.05, 4.69) is 5.32 Å². The van der Waals surface area contributed by atoms with Gasteiger partial charge in [-0.25, -0.2) is 0 Å². The molecule has 0 atom stereocenters. The molecule has 12 heavy (non-hydrogen) atoms. The van der Waals surface area contributed by atoms with Crippen molar-refractivity contribution in [2.75, 3.05) is 6.54 Å². The maximum Gasteiger partial charge on any atom is 0.200 e. The maximum atomic E-state index is 10.4. The van der Waals surface area contributed by atoms with E-state index in [9.17, 15) is 4.79 Å². The van der Waals surface area contributed by atoms with Crippen LogP contribution in [0.3, 0.4) is 0 Å². The summed E-state index contributed by atoms with van der Waals surface area (Å²) in [6, 6.07) is 0.370. The van der Waals surface area contributed by atoms with Crippen LogP contribution in [0.5, 0.6) is 0 Å². The van der Waals surface area contributed by atoms with Crippen LogP contribution in [0.15, 0.2) is 0 Å². The highest BCUT2D eigenvalue weighted by molar-refractivity contribution is 6.57. The Labute approximate surface area is 74.5 Å². The molecule has 0 unspecified atom stereocenters. The largest absolute Gasteiger partial charge is 0.366 e. The molecule has 1 aliphatic rings. The summed E-state index contributed by atoms with van der Waals surface area (Å²) in [6.45, 7) is 0.710. The van der Waals surface area contributed by atoms with Gasteiger partial charge in [0, 0.05) is 12.6 Å². The number of hydrogen-bond acceptors (Lipinski definition) is 2. The SMILES string of the molecule is [B]C(=O)NCC1CCC(N)CC1. The molecule has 1 amide bonds. The molecular formula is C8H15BN2O. The molecule has 4 heteroatoms. The van der Waals surface area contributed by atoms with Crippen molar-refractivity contribution in [1.29, 1.82) is 0 Å². The number of rotatable bonds is 2. The van der Waals surface area contributed by atoms with Crippen LogP contribution < -0.4 is 11.1 Å². The number of hydrogen-bond donors (Lipinski definition) is 2. The van der Waals surface area contributed by atoms with Gasteiger partial charge in [-0.3, -0.25) is 4.79 Å². The van der Waals surface area contributed by atoms with Crippen molar-refractivity contribution in [1.82, 2.24) is 5.32 Å². The summed E-state index contributed by atoms with van der Waals surface area (Å²) in [5.74, 6) is 0.155. The molecule has 3 nitrogen and oxygen atoms in total. The van der Waals surface area contributed by atoms with Crippen LogP contribution in [-0.2, 0) is 0 Å². The van der Waals surface area contributed by atoms with E-state index in [1.807, 2.05) is 0 Å². The van der Waals surface area contributed by atoms with Crippen molar-refractivity contribution < 1.29 is 4.79 Å². The normalized spacial score (nSPS) is 29.8. The standard InChI is InChI=1S/C8H15BN2O/c9-8(12)11-5-6-1-3-7(10)4-2-6/h6-7H,1-5,10H2,(H,11,12). The molecule has 1 saturated carbocycles. The van der Waals surface area contributed by atoms with Gasteiger partial charge in [0.2, 0.25) is 0 Å². The van der Waals surface area contributed by atoms with Gasteiger partial charge >= 0.3 is 0 Å². The zero-order valence-corrected chi connectivity index (χ0v) is 7.25. The zero-order chi connectivity index (χ0) is 8.97. The quantitative estimate of drug-likeness (QED) is 0.582. The number of carbonyl (C=O) groups is 1. The van der Waals surface area contributed by atoms with E-state index in [1.165, 1.54) is 0 Å². The minimum Gasteiger partial charge on any atom is -0.366 e. The number of amides is 1. The van der Waals surface area contributed by atoms with Gasteiger partial charge in [0.1, 0.15) is 0 Å². The smallest absolute Gasteiger partial charge is 0.200 e. The van der Waals surface area contributed by atoms with Crippen LogP contribution in [0.1, 0.15) is 25.7 Å². The molecule has 0 saturated heterocycles. The molecule has 1 fully saturated rings. The Morgan fingerprint density at radius 3 is 2.50 bits per heavy atom. The molecule has 1 aliphatic carbocycles. The molecule has 66 valence electrons. The van der Waals surface area contributed by atoms with Crippen LogP contribution >= 0.6 is 0 Å². The van der Waals surface area contributed by atoms with E-state index < -0.39 is 5.81 Å². The van der Waals surface area contributed by atoms with Crippen LogP contribution in [0, 0.1) is 5.92 Å². The lowest BCUT2D eigenvalue weighted by Gasteiger charge is -2.25. The first kappa shape index (κ1) is 9.58. The Morgan fingerprint density at radius 1 is 1.42 bits per heavy atom. The second-order valence-corrected chi connectivity index (χ2v) is 3.53. The van der Waals surface area contributed by atoms with Gasteiger partial charge in [0.05, 0.1) is 0 Å². The molecule has 0 aromatic heterocycles. The highest BCUT2D eigenvalue weighted by Gasteiger charge is 2.17. The highest BCUT2D eigenvalue weighted by atomic mass is 16.1. The number of carbonyl (C=O) groups excluding carboxylic acids is 1. The fraction of sp³-hybridized carbons (Fsp3) is 0.875. The van der Waals surface area contributed by atoms with E-state index >= 15 is 0 Å². The topological polar surface area (TPSA) is 55.1 Å². The van der Waals surface area contributed by atoms with E-state index in [0.29, 0.717) is 18.5 Å². The van der Waals surface area contributed by atoms with Gasteiger partial charge in [-0.2, -0.15) is 0 Å². The molecule has 1 rings (SSSR count). The van der Waals surface area contributed by atoms with Crippen molar-refractivity contribution in [2.24, 2.45) is 11.7 Å². The summed E-state index contributed by atoms with van der Waals surface area (Å²) < 4.78 is 0. The third-order valence-electron chi connectivity index (χ3n) is 2.46. The Kier molecular flexibility index (Phi) is 3.60. The van der Waals surface area contributed by atoms with E-state index in [0.717, 1.165) is 25.7 Å². The fourth-order valence-corrected chi connectivity index (χ4v) is 1.64. The third kappa shape index (κ3) is 3.26. The van der Waals surface area contributed by atoms with Crippen molar-refractivity contribution in [2.45, 2.75) is 31.7 Å². The second kappa shape index (κ2) is 4.50. The molecular weight excluding hydrogens is 151 g/mol. The van der Waals surface area contributed by atoms with E-state index in [4.69, 9.17) is 13.6 Å². The van der Waals surface area contributed by atoms with Gasteiger partial charge in [-0.05, 0) is 31.6 Å². The summed E-state index contributed by atoms with van der Waals surface area (Å²) in [4.78, 5) is 10.4. The van der Waals surface area contributed by atoms with Gasteiger partial charge < -0.3 is 11.1 Å². The van der Waals surface area contributed by atoms with E-state index in [-0.39, 0.29) is 0 Å².